The molecule has 0 radical (unpaired) electrons. The number of nitrogens with two attached hydrogens (primary N) is 1. The van der Waals surface area contributed by atoms with Crippen molar-refractivity contribution in [2.75, 3.05) is 0 Å². The zero-order valence-electron chi connectivity index (χ0n) is 11.1. The lowest BCUT2D eigenvalue weighted by Gasteiger charge is -2.02. The molecule has 0 aliphatic rings. The Balaban J connectivity index is 2.13. The highest BCUT2D eigenvalue weighted by Crippen LogP contribution is 2.18. The van der Waals surface area contributed by atoms with Crippen molar-refractivity contribution in [3.8, 4) is 11.3 Å². The van der Waals surface area contributed by atoms with Crippen molar-refractivity contribution in [3.63, 3.8) is 0 Å². The zero-order valence-corrected chi connectivity index (χ0v) is 11.1. The molecule has 1 aromatic carbocycles. The minimum absolute atomic E-state index is 0.135. The van der Waals surface area contributed by atoms with Crippen LogP contribution in [-0.4, -0.2) is 16.0 Å². The van der Waals surface area contributed by atoms with Crippen molar-refractivity contribution in [2.45, 2.75) is 39.2 Å². The van der Waals surface area contributed by atoms with Crippen LogP contribution in [0.2, 0.25) is 0 Å². The average Bonchev–Trinajstić information content (AvgIpc) is 2.78. The summed E-state index contributed by atoms with van der Waals surface area (Å²) in [5.41, 5.74) is 9.39. The molecule has 0 saturated carbocycles. The van der Waals surface area contributed by atoms with Gasteiger partial charge in [0.15, 0.2) is 0 Å². The number of H-pyrrole nitrogens is 1. The summed E-state index contributed by atoms with van der Waals surface area (Å²) in [7, 11) is 0. The number of nitrogens with zero attached hydrogens (tertiary/aromatic N) is 1. The molecule has 0 aliphatic heterocycles. The van der Waals surface area contributed by atoms with Crippen LogP contribution in [0.4, 0.5) is 0 Å². The van der Waals surface area contributed by atoms with Gasteiger partial charge in [-0.15, -0.1) is 0 Å². The normalized spacial score (nSPS) is 12.6. The van der Waals surface area contributed by atoms with Crippen LogP contribution in [0, 0.1) is 0 Å². The van der Waals surface area contributed by atoms with E-state index in [1.165, 1.54) is 17.5 Å². The molecule has 0 saturated heterocycles. The Morgan fingerprint density at radius 2 is 2.00 bits per heavy atom. The maximum atomic E-state index is 5.77. The van der Waals surface area contributed by atoms with Crippen molar-refractivity contribution < 1.29 is 0 Å². The van der Waals surface area contributed by atoms with Gasteiger partial charge in [-0.3, -0.25) is 0 Å². The van der Waals surface area contributed by atoms with E-state index in [2.05, 4.69) is 41.2 Å². The summed E-state index contributed by atoms with van der Waals surface area (Å²) < 4.78 is 0. The molecule has 2 rings (SSSR count). The first kappa shape index (κ1) is 12.8. The second-order valence-corrected chi connectivity index (χ2v) is 4.87. The molecule has 0 bridgehead atoms. The van der Waals surface area contributed by atoms with Crippen molar-refractivity contribution in [2.24, 2.45) is 5.73 Å². The fraction of sp³-hybridized carbons (Fsp3) is 0.400. The zero-order chi connectivity index (χ0) is 13.0. The van der Waals surface area contributed by atoms with Gasteiger partial charge in [0.25, 0.3) is 0 Å². The third-order valence-corrected chi connectivity index (χ3v) is 2.95. The number of hydrogen-bond acceptors (Lipinski definition) is 2. The van der Waals surface area contributed by atoms with Gasteiger partial charge in [0.1, 0.15) is 5.82 Å². The fourth-order valence-corrected chi connectivity index (χ4v) is 2.06. The van der Waals surface area contributed by atoms with E-state index in [-0.39, 0.29) is 6.04 Å². The smallest absolute Gasteiger partial charge is 0.108 e. The van der Waals surface area contributed by atoms with Crippen LogP contribution in [0.1, 0.15) is 31.7 Å². The third-order valence-electron chi connectivity index (χ3n) is 2.95. The lowest BCUT2D eigenvalue weighted by molar-refractivity contribution is 0.710. The molecule has 0 spiro atoms. The van der Waals surface area contributed by atoms with Crippen molar-refractivity contribution in [1.82, 2.24) is 9.97 Å². The predicted molar refractivity (Wildman–Crippen MR) is 75.4 cm³/mol. The van der Waals surface area contributed by atoms with Gasteiger partial charge in [-0.1, -0.05) is 37.6 Å². The van der Waals surface area contributed by atoms with Crippen LogP contribution in [0.5, 0.6) is 0 Å². The molecule has 2 aromatic rings. The summed E-state index contributed by atoms with van der Waals surface area (Å²) in [4.78, 5) is 7.68. The first-order chi connectivity index (χ1) is 8.69. The number of aromatic amines is 1. The standard InChI is InChI=1S/C15H21N3/c1-3-4-12-5-7-13(8-6-12)14-10-17-15(18-14)9-11(2)16/h5-8,10-11H,3-4,9,16H2,1-2H3,(H,17,18). The van der Waals surface area contributed by atoms with Crippen LogP contribution in [0.3, 0.4) is 0 Å². The van der Waals surface area contributed by atoms with E-state index in [0.717, 1.165) is 24.4 Å². The maximum Gasteiger partial charge on any atom is 0.108 e. The number of benzene rings is 1. The van der Waals surface area contributed by atoms with Crippen molar-refractivity contribution >= 4 is 0 Å². The summed E-state index contributed by atoms with van der Waals surface area (Å²) in [6.07, 6.45) is 4.99. The molecule has 3 heteroatoms. The quantitative estimate of drug-likeness (QED) is 0.848. The number of aromatic nitrogens is 2. The van der Waals surface area contributed by atoms with Crippen LogP contribution in [-0.2, 0) is 12.8 Å². The molecule has 3 N–H and O–H groups in total. The predicted octanol–water partition coefficient (Wildman–Crippen LogP) is 2.92. The Kier molecular flexibility index (Phi) is 4.15. The highest BCUT2D eigenvalue weighted by molar-refractivity contribution is 5.58. The molecule has 1 heterocycles. The summed E-state index contributed by atoms with van der Waals surface area (Å²) >= 11 is 0. The molecule has 0 aliphatic carbocycles. The molecule has 1 aromatic heterocycles. The largest absolute Gasteiger partial charge is 0.342 e. The van der Waals surface area contributed by atoms with E-state index in [0.29, 0.717) is 0 Å². The molecular weight excluding hydrogens is 222 g/mol. The van der Waals surface area contributed by atoms with Crippen LogP contribution < -0.4 is 5.73 Å². The second kappa shape index (κ2) is 5.83. The fourth-order valence-electron chi connectivity index (χ4n) is 2.06. The Bertz CT molecular complexity index is 483. The van der Waals surface area contributed by atoms with E-state index in [4.69, 9.17) is 5.73 Å². The van der Waals surface area contributed by atoms with Crippen LogP contribution >= 0.6 is 0 Å². The maximum absolute atomic E-state index is 5.77. The molecule has 3 nitrogen and oxygen atoms in total. The number of hydrogen-bond donors (Lipinski definition) is 2. The van der Waals surface area contributed by atoms with Gasteiger partial charge in [-0.25, -0.2) is 4.98 Å². The highest BCUT2D eigenvalue weighted by atomic mass is 14.9. The van der Waals surface area contributed by atoms with Gasteiger partial charge in [-0.2, -0.15) is 0 Å². The van der Waals surface area contributed by atoms with E-state index >= 15 is 0 Å². The van der Waals surface area contributed by atoms with Gasteiger partial charge in [0.05, 0.1) is 11.9 Å². The Hall–Kier alpha value is -1.61. The number of aryl methyl sites for hydroxylation is 1. The molecular formula is C15H21N3. The molecule has 1 unspecified atom stereocenters. The van der Waals surface area contributed by atoms with Crippen LogP contribution in [0.25, 0.3) is 11.3 Å². The first-order valence-electron chi connectivity index (χ1n) is 6.57. The van der Waals surface area contributed by atoms with E-state index < -0.39 is 0 Å². The van der Waals surface area contributed by atoms with Gasteiger partial charge < -0.3 is 10.7 Å². The van der Waals surface area contributed by atoms with E-state index in [9.17, 15) is 0 Å². The minimum atomic E-state index is 0.135. The highest BCUT2D eigenvalue weighted by Gasteiger charge is 2.05. The lowest BCUT2D eigenvalue weighted by atomic mass is 10.1. The molecule has 0 fully saturated rings. The summed E-state index contributed by atoms with van der Waals surface area (Å²) in [6, 6.07) is 8.80. The Labute approximate surface area is 108 Å². The SMILES string of the molecule is CCCc1ccc(-c2cnc(CC(C)N)[nH]2)cc1. The minimum Gasteiger partial charge on any atom is -0.342 e. The first-order valence-corrected chi connectivity index (χ1v) is 6.57. The average molecular weight is 243 g/mol. The topological polar surface area (TPSA) is 54.7 Å². The lowest BCUT2D eigenvalue weighted by Crippen LogP contribution is -2.18. The monoisotopic (exact) mass is 243 g/mol. The van der Waals surface area contributed by atoms with Crippen LogP contribution in [0.15, 0.2) is 30.5 Å². The summed E-state index contributed by atoms with van der Waals surface area (Å²) in [5, 5.41) is 0. The number of nitrogens with one attached hydrogen (secondary N) is 1. The van der Waals surface area contributed by atoms with Crippen molar-refractivity contribution in [3.05, 3.63) is 41.9 Å². The summed E-state index contributed by atoms with van der Waals surface area (Å²) in [6.45, 7) is 4.19. The second-order valence-electron chi connectivity index (χ2n) is 4.87. The molecule has 1 atom stereocenters. The molecule has 96 valence electrons. The number of rotatable bonds is 5. The van der Waals surface area contributed by atoms with Gasteiger partial charge >= 0.3 is 0 Å². The van der Waals surface area contributed by atoms with E-state index in [1.807, 2.05) is 13.1 Å². The Morgan fingerprint density at radius 3 is 2.61 bits per heavy atom. The van der Waals surface area contributed by atoms with Gasteiger partial charge in [0.2, 0.25) is 0 Å². The van der Waals surface area contributed by atoms with Gasteiger partial charge in [0, 0.05) is 12.5 Å². The summed E-state index contributed by atoms with van der Waals surface area (Å²) in [5.74, 6) is 0.956. The number of imidazole rings is 1. The molecule has 0 amide bonds. The Morgan fingerprint density at radius 1 is 1.28 bits per heavy atom. The van der Waals surface area contributed by atoms with E-state index in [1.54, 1.807) is 0 Å². The van der Waals surface area contributed by atoms with Crippen molar-refractivity contribution in [1.29, 1.82) is 0 Å². The molecule has 18 heavy (non-hydrogen) atoms. The van der Waals surface area contributed by atoms with Gasteiger partial charge in [-0.05, 0) is 24.5 Å². The third kappa shape index (κ3) is 3.20.